The van der Waals surface area contributed by atoms with Crippen molar-refractivity contribution in [3.63, 3.8) is 0 Å². The van der Waals surface area contributed by atoms with Crippen LogP contribution in [0, 0.1) is 0 Å². The highest BCUT2D eigenvalue weighted by molar-refractivity contribution is 6.42. The highest BCUT2D eigenvalue weighted by Gasteiger charge is 2.38. The molecule has 8 nitrogen and oxygen atoms in total. The van der Waals surface area contributed by atoms with E-state index in [0.29, 0.717) is 10.2 Å². The third kappa shape index (κ3) is 4.30. The summed E-state index contributed by atoms with van der Waals surface area (Å²) in [6, 6.07) is 5.12. The van der Waals surface area contributed by atoms with Crippen molar-refractivity contribution in [1.29, 1.82) is 0 Å². The van der Waals surface area contributed by atoms with E-state index in [-0.39, 0.29) is 22.0 Å². The van der Waals surface area contributed by atoms with Crippen LogP contribution >= 0.6 is 23.2 Å². The van der Waals surface area contributed by atoms with Gasteiger partial charge in [0, 0.05) is 18.1 Å². The normalized spacial score (nSPS) is 11.5. The summed E-state index contributed by atoms with van der Waals surface area (Å²) in [7, 11) is 0. The van der Waals surface area contributed by atoms with E-state index in [4.69, 9.17) is 28.3 Å². The van der Waals surface area contributed by atoms with Crippen molar-refractivity contribution in [2.24, 2.45) is 0 Å². The molecule has 162 valence electrons. The number of aromatic nitrogens is 4. The van der Waals surface area contributed by atoms with Crippen LogP contribution in [0.15, 0.2) is 46.0 Å². The van der Waals surface area contributed by atoms with Crippen LogP contribution in [-0.2, 0) is 12.3 Å². The predicted octanol–water partition coefficient (Wildman–Crippen LogP) is 3.51. The summed E-state index contributed by atoms with van der Waals surface area (Å²) >= 11 is 11.8. The first kappa shape index (κ1) is 22.4. The van der Waals surface area contributed by atoms with Crippen LogP contribution in [0.4, 0.5) is 8.78 Å². The molecule has 0 amide bonds. The zero-order valence-corrected chi connectivity index (χ0v) is 17.3. The van der Waals surface area contributed by atoms with Crippen LogP contribution in [-0.4, -0.2) is 30.8 Å². The van der Waals surface area contributed by atoms with Gasteiger partial charge in [-0.1, -0.05) is 35.8 Å². The Morgan fingerprint density at radius 2 is 1.94 bits per heavy atom. The number of nitrogens with one attached hydrogen (secondary N) is 2. The first-order chi connectivity index (χ1) is 14.4. The molecule has 0 aliphatic rings. The fourth-order valence-corrected chi connectivity index (χ4v) is 3.05. The van der Waals surface area contributed by atoms with Crippen molar-refractivity contribution in [2.45, 2.75) is 19.3 Å². The van der Waals surface area contributed by atoms with E-state index >= 15 is 0 Å². The smallest absolute Gasteiger partial charge is 0.353 e. The highest BCUT2D eigenvalue weighted by Crippen LogP contribution is 2.35. The van der Waals surface area contributed by atoms with Gasteiger partial charge in [-0.15, -0.1) is 0 Å². The maximum atomic E-state index is 14.9. The minimum absolute atomic E-state index is 0.174. The van der Waals surface area contributed by atoms with Gasteiger partial charge in [-0.25, -0.2) is 9.78 Å². The number of nitrogens with zero attached hydrogens (tertiary/aromatic N) is 2. The number of aromatic carboxylic acids is 1. The number of alkyl halides is 2. The third-order valence-corrected chi connectivity index (χ3v) is 5.10. The quantitative estimate of drug-likeness (QED) is 0.476. The Labute approximate surface area is 182 Å². The summed E-state index contributed by atoms with van der Waals surface area (Å²) in [5.41, 5.74) is -3.86. The van der Waals surface area contributed by atoms with Gasteiger partial charge < -0.3 is 5.11 Å². The maximum Gasteiger partial charge on any atom is 0.353 e. The molecule has 0 unspecified atom stereocenters. The lowest BCUT2D eigenvalue weighted by atomic mass is 9.99. The molecule has 1 aromatic carbocycles. The summed E-state index contributed by atoms with van der Waals surface area (Å²) in [5, 5.41) is 11.6. The highest BCUT2D eigenvalue weighted by atomic mass is 35.5. The number of H-pyrrole nitrogens is 2. The van der Waals surface area contributed by atoms with E-state index in [1.54, 1.807) is 0 Å². The number of halogens is 4. The average molecular weight is 471 g/mol. The lowest BCUT2D eigenvalue weighted by Gasteiger charge is -2.19. The van der Waals surface area contributed by atoms with E-state index in [9.17, 15) is 23.2 Å². The van der Waals surface area contributed by atoms with Gasteiger partial charge in [-0.3, -0.25) is 19.7 Å². The van der Waals surface area contributed by atoms with Crippen LogP contribution < -0.4 is 11.1 Å². The summed E-state index contributed by atoms with van der Waals surface area (Å²) in [6.45, 7) is 4.32. The first-order valence-corrected chi connectivity index (χ1v) is 9.34. The molecule has 3 N–H and O–H groups in total. The fourth-order valence-electron chi connectivity index (χ4n) is 2.73. The van der Waals surface area contributed by atoms with Crippen molar-refractivity contribution in [1.82, 2.24) is 19.7 Å². The SMILES string of the molecule is C=C(C)C(F)(F)c1nc(-n2[nH]c(C(=O)O)cc2=O)[nH]c(=O)c1Cc1ccc(Cl)c(Cl)c1. The van der Waals surface area contributed by atoms with Crippen LogP contribution in [0.25, 0.3) is 5.95 Å². The molecule has 0 aliphatic heterocycles. The number of rotatable bonds is 6. The Bertz CT molecular complexity index is 1330. The monoisotopic (exact) mass is 470 g/mol. The van der Waals surface area contributed by atoms with Crippen molar-refractivity contribution >= 4 is 29.2 Å². The molecular formula is C19H14Cl2F2N4O4. The lowest BCUT2D eigenvalue weighted by molar-refractivity contribution is 0.0324. The Morgan fingerprint density at radius 3 is 2.48 bits per heavy atom. The Hall–Kier alpha value is -3.24. The van der Waals surface area contributed by atoms with E-state index in [0.717, 1.165) is 13.0 Å². The molecule has 2 heterocycles. The molecule has 0 saturated heterocycles. The van der Waals surface area contributed by atoms with E-state index in [2.05, 4.69) is 21.6 Å². The molecule has 0 bridgehead atoms. The van der Waals surface area contributed by atoms with Crippen molar-refractivity contribution in [3.05, 3.63) is 89.7 Å². The summed E-state index contributed by atoms with van der Waals surface area (Å²) in [4.78, 5) is 41.9. The molecule has 12 heteroatoms. The molecular weight excluding hydrogens is 457 g/mol. The predicted molar refractivity (Wildman–Crippen MR) is 110 cm³/mol. The van der Waals surface area contributed by atoms with Crippen LogP contribution in [0.1, 0.15) is 34.2 Å². The number of benzene rings is 1. The van der Waals surface area contributed by atoms with Gasteiger partial charge in [0.1, 0.15) is 11.4 Å². The largest absolute Gasteiger partial charge is 0.477 e. The molecule has 0 fully saturated rings. The van der Waals surface area contributed by atoms with Crippen molar-refractivity contribution in [3.8, 4) is 5.95 Å². The third-order valence-electron chi connectivity index (χ3n) is 4.36. The number of carboxylic acid groups (broad SMARTS) is 1. The molecule has 3 aromatic rings. The van der Waals surface area contributed by atoms with E-state index < -0.39 is 45.9 Å². The van der Waals surface area contributed by atoms with Crippen molar-refractivity contribution < 1.29 is 18.7 Å². The molecule has 0 atom stereocenters. The van der Waals surface area contributed by atoms with Gasteiger partial charge >= 0.3 is 11.9 Å². The fraction of sp³-hybridized carbons (Fsp3) is 0.158. The van der Waals surface area contributed by atoms with Gasteiger partial charge in [0.05, 0.1) is 10.0 Å². The minimum atomic E-state index is -3.72. The zero-order chi connectivity index (χ0) is 23.1. The number of hydrogen-bond donors (Lipinski definition) is 3. The number of aromatic amines is 2. The van der Waals surface area contributed by atoms with E-state index in [1.165, 1.54) is 18.2 Å². The first-order valence-electron chi connectivity index (χ1n) is 8.59. The molecule has 3 rings (SSSR count). The summed E-state index contributed by atoms with van der Waals surface area (Å²) in [5.74, 6) is -5.78. The number of hydrogen-bond acceptors (Lipinski definition) is 4. The van der Waals surface area contributed by atoms with E-state index in [1.807, 2.05) is 0 Å². The molecule has 0 spiro atoms. The Kier molecular flexibility index (Phi) is 5.88. The second kappa shape index (κ2) is 8.12. The van der Waals surface area contributed by atoms with Crippen molar-refractivity contribution in [2.75, 3.05) is 0 Å². The Morgan fingerprint density at radius 1 is 1.26 bits per heavy atom. The Balaban J connectivity index is 2.23. The molecule has 0 aliphatic carbocycles. The second-order valence-corrected chi connectivity index (χ2v) is 7.46. The number of allylic oxidation sites excluding steroid dienone is 1. The summed E-state index contributed by atoms with van der Waals surface area (Å²) in [6.07, 6.45) is -0.266. The maximum absolute atomic E-state index is 14.9. The van der Waals surface area contributed by atoms with Gasteiger partial charge in [-0.2, -0.15) is 13.5 Å². The standard InChI is InChI=1S/C19H14Cl2F2N4O4/c1-8(2)19(22,23)15-10(5-9-3-4-11(20)12(21)6-9)16(29)25-18(24-15)27-14(28)7-13(26-27)17(30)31/h3-4,6-7,26H,1,5H2,2H3,(H,30,31)(H,24,25,29). The summed E-state index contributed by atoms with van der Waals surface area (Å²) < 4.78 is 30.4. The van der Waals surface area contributed by atoms with Gasteiger partial charge in [0.15, 0.2) is 0 Å². The van der Waals surface area contributed by atoms with Crippen LogP contribution in [0.5, 0.6) is 0 Å². The minimum Gasteiger partial charge on any atom is -0.477 e. The van der Waals surface area contributed by atoms with Gasteiger partial charge in [0.2, 0.25) is 5.95 Å². The van der Waals surface area contributed by atoms with Gasteiger partial charge in [0.25, 0.3) is 11.1 Å². The lowest BCUT2D eigenvalue weighted by Crippen LogP contribution is -2.30. The van der Waals surface area contributed by atoms with Gasteiger partial charge in [-0.05, 0) is 30.2 Å². The molecule has 31 heavy (non-hydrogen) atoms. The van der Waals surface area contributed by atoms with Crippen LogP contribution in [0.3, 0.4) is 0 Å². The average Bonchev–Trinajstić information content (AvgIpc) is 3.08. The molecule has 0 saturated carbocycles. The zero-order valence-electron chi connectivity index (χ0n) is 15.8. The molecule has 2 aromatic heterocycles. The topological polar surface area (TPSA) is 121 Å². The number of carboxylic acids is 1. The van der Waals surface area contributed by atoms with Crippen LogP contribution in [0.2, 0.25) is 10.0 Å². The molecule has 0 radical (unpaired) electrons. The number of carbonyl (C=O) groups is 1. The second-order valence-electron chi connectivity index (χ2n) is 6.65.